The number of pyridine rings is 1. The van der Waals surface area contributed by atoms with Crippen LogP contribution in [-0.2, 0) is 17.8 Å². The fraction of sp³-hybridized carbons (Fsp3) is 0.500. The first-order valence-electron chi connectivity index (χ1n) is 12.1. The quantitative estimate of drug-likeness (QED) is 0.478. The van der Waals surface area contributed by atoms with Crippen LogP contribution >= 0.6 is 0 Å². The normalized spacial score (nSPS) is 13.4. The molecule has 0 aliphatic heterocycles. The predicted octanol–water partition coefficient (Wildman–Crippen LogP) is 3.27. The number of aromatic nitrogens is 3. The van der Waals surface area contributed by atoms with Crippen molar-refractivity contribution in [3.05, 3.63) is 47.4 Å². The fourth-order valence-corrected chi connectivity index (χ4v) is 3.93. The lowest BCUT2D eigenvalue weighted by molar-refractivity contribution is -0.125. The summed E-state index contributed by atoms with van der Waals surface area (Å²) in [5, 5.41) is 19.1. The molecule has 2 heterocycles. The van der Waals surface area contributed by atoms with Gasteiger partial charge in [0.25, 0.3) is 5.91 Å². The first-order chi connectivity index (χ1) is 16.8. The van der Waals surface area contributed by atoms with Crippen molar-refractivity contribution in [1.29, 1.82) is 5.26 Å². The van der Waals surface area contributed by atoms with Gasteiger partial charge in [-0.25, -0.2) is 4.98 Å². The number of aryl methyl sites for hydroxylation is 1. The van der Waals surface area contributed by atoms with E-state index in [1.165, 1.54) is 0 Å². The molecule has 9 nitrogen and oxygen atoms in total. The van der Waals surface area contributed by atoms with E-state index in [0.29, 0.717) is 24.5 Å². The van der Waals surface area contributed by atoms with Gasteiger partial charge in [0.05, 0.1) is 12.6 Å². The summed E-state index contributed by atoms with van der Waals surface area (Å²) in [5.41, 5.74) is 1.65. The molecule has 1 atom stereocenters. The Morgan fingerprint density at radius 2 is 2.11 bits per heavy atom. The van der Waals surface area contributed by atoms with Crippen molar-refractivity contribution < 1.29 is 14.3 Å². The van der Waals surface area contributed by atoms with E-state index in [2.05, 4.69) is 26.8 Å². The van der Waals surface area contributed by atoms with E-state index in [4.69, 9.17) is 10.00 Å². The first-order valence-corrected chi connectivity index (χ1v) is 12.1. The van der Waals surface area contributed by atoms with Crippen molar-refractivity contribution in [3.8, 4) is 11.9 Å². The Morgan fingerprint density at radius 1 is 1.29 bits per heavy atom. The van der Waals surface area contributed by atoms with E-state index in [9.17, 15) is 9.59 Å². The molecule has 9 heteroatoms. The van der Waals surface area contributed by atoms with Gasteiger partial charge >= 0.3 is 0 Å². The van der Waals surface area contributed by atoms with Crippen LogP contribution in [0.25, 0.3) is 6.08 Å². The molecule has 2 aromatic heterocycles. The van der Waals surface area contributed by atoms with Gasteiger partial charge in [-0.3, -0.25) is 14.3 Å². The zero-order chi connectivity index (χ0) is 25.3. The minimum atomic E-state index is -0.756. The highest BCUT2D eigenvalue weighted by Gasteiger charge is 2.34. The number of rotatable bonds is 11. The number of carbonyl (C=O) groups is 2. The number of amides is 2. The second-order valence-electron chi connectivity index (χ2n) is 9.57. The van der Waals surface area contributed by atoms with Crippen molar-refractivity contribution in [2.24, 2.45) is 5.41 Å². The minimum Gasteiger partial charge on any atom is -0.476 e. The third kappa shape index (κ3) is 7.15. The smallest absolute Gasteiger partial charge is 0.273 e. The van der Waals surface area contributed by atoms with Crippen molar-refractivity contribution >= 4 is 17.9 Å². The average molecular weight is 479 g/mol. The van der Waals surface area contributed by atoms with Crippen LogP contribution in [-0.4, -0.2) is 45.8 Å². The number of nitrogens with one attached hydrogen (secondary N) is 2. The summed E-state index contributed by atoms with van der Waals surface area (Å²) in [5.74, 6) is -0.164. The maximum Gasteiger partial charge on any atom is 0.273 e. The molecule has 186 valence electrons. The van der Waals surface area contributed by atoms with Gasteiger partial charge in [-0.1, -0.05) is 39.0 Å². The predicted molar refractivity (Wildman–Crippen MR) is 132 cm³/mol. The molecular weight excluding hydrogens is 444 g/mol. The Labute approximate surface area is 206 Å². The van der Waals surface area contributed by atoms with Crippen molar-refractivity contribution in [3.63, 3.8) is 0 Å². The van der Waals surface area contributed by atoms with Crippen LogP contribution in [0.15, 0.2) is 30.5 Å². The largest absolute Gasteiger partial charge is 0.476 e. The van der Waals surface area contributed by atoms with Gasteiger partial charge in [0.1, 0.15) is 12.6 Å². The number of allylic oxidation sites excluding steroid dienone is 1. The molecule has 0 fully saturated rings. The summed E-state index contributed by atoms with van der Waals surface area (Å²) in [6.07, 6.45) is 9.44. The zero-order valence-electron chi connectivity index (χ0n) is 20.7. The van der Waals surface area contributed by atoms with Gasteiger partial charge in [-0.05, 0) is 37.2 Å². The molecule has 35 heavy (non-hydrogen) atoms. The van der Waals surface area contributed by atoms with Crippen LogP contribution < -0.4 is 15.4 Å². The molecule has 0 saturated carbocycles. The number of carbonyl (C=O) groups excluding carboxylic acids is 2. The number of nitrogens with zero attached hydrogens (tertiary/aromatic N) is 4. The van der Waals surface area contributed by atoms with Gasteiger partial charge in [-0.2, -0.15) is 10.4 Å². The summed E-state index contributed by atoms with van der Waals surface area (Å²) in [4.78, 5) is 30.4. The van der Waals surface area contributed by atoms with Crippen molar-refractivity contribution in [1.82, 2.24) is 25.4 Å². The number of hydrogen-bond acceptors (Lipinski definition) is 6. The Balaban J connectivity index is 1.65. The van der Waals surface area contributed by atoms with Gasteiger partial charge in [0.2, 0.25) is 11.8 Å². The minimum absolute atomic E-state index is 0.266. The molecule has 1 aliphatic rings. The van der Waals surface area contributed by atoms with E-state index in [0.717, 1.165) is 36.9 Å². The van der Waals surface area contributed by atoms with Crippen LogP contribution in [0.4, 0.5) is 0 Å². The number of unbranched alkanes of at least 4 members (excludes halogenated alkanes) is 2. The first kappa shape index (κ1) is 25.9. The van der Waals surface area contributed by atoms with Gasteiger partial charge in [-0.15, -0.1) is 0 Å². The molecule has 0 radical (unpaired) electrons. The summed E-state index contributed by atoms with van der Waals surface area (Å²) in [6, 6.07) is 6.78. The number of fused-ring (bicyclic) bond motifs is 1. The second kappa shape index (κ2) is 12.2. The van der Waals surface area contributed by atoms with Crippen LogP contribution in [0, 0.1) is 16.7 Å². The molecule has 0 aromatic carbocycles. The van der Waals surface area contributed by atoms with Gasteiger partial charge < -0.3 is 15.4 Å². The molecule has 0 unspecified atom stereocenters. The van der Waals surface area contributed by atoms with Crippen molar-refractivity contribution in [2.45, 2.75) is 65.5 Å². The summed E-state index contributed by atoms with van der Waals surface area (Å²) in [7, 11) is 0. The Hall–Kier alpha value is -3.67. The van der Waals surface area contributed by atoms with Gasteiger partial charge in [0.15, 0.2) is 5.69 Å². The lowest BCUT2D eigenvalue weighted by Gasteiger charge is -2.30. The van der Waals surface area contributed by atoms with Crippen molar-refractivity contribution in [2.75, 3.05) is 13.2 Å². The Kier molecular flexibility index (Phi) is 9.01. The third-order valence-electron chi connectivity index (χ3n) is 5.75. The summed E-state index contributed by atoms with van der Waals surface area (Å²) >= 11 is 0. The van der Waals surface area contributed by atoms with Crippen LogP contribution in [0.3, 0.4) is 0 Å². The monoisotopic (exact) mass is 478 g/mol. The zero-order valence-corrected chi connectivity index (χ0v) is 20.7. The maximum absolute atomic E-state index is 13.3. The average Bonchev–Trinajstić information content (AvgIpc) is 3.21. The molecule has 2 N–H and O–H groups in total. The number of hydrogen-bond donors (Lipinski definition) is 2. The second-order valence-corrected chi connectivity index (χ2v) is 9.57. The SMILES string of the molecule is CC(C)(C)[C@H](NC(=O)c1nn(CCCCC#N)c2c1C=CCC2)C(=O)NCCOc1ccccn1. The summed E-state index contributed by atoms with van der Waals surface area (Å²) < 4.78 is 7.41. The number of ether oxygens (including phenoxy) is 1. The highest BCUT2D eigenvalue weighted by Crippen LogP contribution is 2.25. The van der Waals surface area contributed by atoms with Crippen LogP contribution in [0.5, 0.6) is 5.88 Å². The molecule has 2 aromatic rings. The highest BCUT2D eigenvalue weighted by atomic mass is 16.5. The standard InChI is InChI=1S/C26H34N6O3/c1-26(2,3)23(25(34)29-16-18-35-21-13-7-9-15-28-21)30-24(33)22-19-11-5-6-12-20(19)32(31-22)17-10-4-8-14-27/h5,7,9,11,13,15,23H,4,6,8,10,12,16-18H2,1-3H3,(H,29,34)(H,30,33)/t23-/m1/s1. The van der Waals surface area contributed by atoms with Gasteiger partial charge in [0, 0.05) is 36.5 Å². The Morgan fingerprint density at radius 3 is 2.83 bits per heavy atom. The molecule has 0 spiro atoms. The van der Waals surface area contributed by atoms with Crippen LogP contribution in [0.1, 0.15) is 68.2 Å². The van der Waals surface area contributed by atoms with E-state index in [-0.39, 0.29) is 25.0 Å². The van der Waals surface area contributed by atoms with E-state index < -0.39 is 11.5 Å². The fourth-order valence-electron chi connectivity index (χ4n) is 3.93. The van der Waals surface area contributed by atoms with E-state index >= 15 is 0 Å². The van der Waals surface area contributed by atoms with Crippen LogP contribution in [0.2, 0.25) is 0 Å². The molecule has 3 rings (SSSR count). The number of nitriles is 1. The lowest BCUT2D eigenvalue weighted by Crippen LogP contribution is -2.54. The lowest BCUT2D eigenvalue weighted by atomic mass is 9.86. The summed E-state index contributed by atoms with van der Waals surface area (Å²) in [6.45, 7) is 6.93. The van der Waals surface area contributed by atoms with E-state index in [1.54, 1.807) is 18.3 Å². The van der Waals surface area contributed by atoms with E-state index in [1.807, 2.05) is 43.7 Å². The molecular formula is C26H34N6O3. The maximum atomic E-state index is 13.3. The molecule has 1 aliphatic carbocycles. The molecule has 0 saturated heterocycles. The highest BCUT2D eigenvalue weighted by molar-refractivity contribution is 5.99. The molecule has 2 amide bonds. The third-order valence-corrected chi connectivity index (χ3v) is 5.75. The topological polar surface area (TPSA) is 122 Å². The molecule has 0 bridgehead atoms. The Bertz CT molecular complexity index is 1080.